The van der Waals surface area contributed by atoms with Crippen molar-refractivity contribution >= 4 is 22.8 Å². The summed E-state index contributed by atoms with van der Waals surface area (Å²) in [6.07, 6.45) is 1.96. The first-order valence-corrected chi connectivity index (χ1v) is 14.1. The summed E-state index contributed by atoms with van der Waals surface area (Å²) in [6.45, 7) is 12.4. The van der Waals surface area contributed by atoms with Gasteiger partial charge in [-0.3, -0.25) is 4.79 Å². The van der Waals surface area contributed by atoms with Gasteiger partial charge in [-0.2, -0.15) is 0 Å². The Kier molecular flexibility index (Phi) is 12.1. The Morgan fingerprint density at radius 2 is 1.70 bits per heavy atom. The lowest BCUT2D eigenvalue weighted by molar-refractivity contribution is -0.134. The van der Waals surface area contributed by atoms with Crippen molar-refractivity contribution < 1.29 is 18.1 Å². The molecule has 0 heterocycles. The van der Waals surface area contributed by atoms with Gasteiger partial charge in [0.2, 0.25) is 0 Å². The lowest BCUT2D eigenvalue weighted by Gasteiger charge is -2.27. The van der Waals surface area contributed by atoms with Gasteiger partial charge in [0.25, 0.3) is 8.32 Å². The summed E-state index contributed by atoms with van der Waals surface area (Å²) in [5.41, 5.74) is 0. The van der Waals surface area contributed by atoms with Gasteiger partial charge >= 0.3 is 14.5 Å². The Bertz CT molecular complexity index is 319. The van der Waals surface area contributed by atoms with E-state index in [1.807, 2.05) is 0 Å². The van der Waals surface area contributed by atoms with Crippen molar-refractivity contribution in [3.05, 3.63) is 0 Å². The molecule has 0 aromatic heterocycles. The van der Waals surface area contributed by atoms with E-state index in [-0.39, 0.29) is 5.97 Å². The van der Waals surface area contributed by atoms with E-state index in [0.29, 0.717) is 6.54 Å². The van der Waals surface area contributed by atoms with E-state index in [0.717, 1.165) is 50.2 Å². The highest BCUT2D eigenvalue weighted by Gasteiger charge is 2.32. The molecule has 0 saturated heterocycles. The summed E-state index contributed by atoms with van der Waals surface area (Å²) in [7, 11) is -2.12. The molecule has 1 atom stereocenters. The minimum absolute atomic E-state index is 0.101. The summed E-state index contributed by atoms with van der Waals surface area (Å²) >= 11 is 0. The van der Waals surface area contributed by atoms with Crippen molar-refractivity contribution in [2.45, 2.75) is 71.3 Å². The quantitative estimate of drug-likeness (QED) is 0.377. The largest absolute Gasteiger partial charge is 0.518 e. The van der Waals surface area contributed by atoms with Gasteiger partial charge in [0.05, 0.1) is 6.54 Å². The number of rotatable bonds is 14. The van der Waals surface area contributed by atoms with E-state index in [2.05, 4.69) is 39.6 Å². The van der Waals surface area contributed by atoms with Gasteiger partial charge in [0.15, 0.2) is 0 Å². The summed E-state index contributed by atoms with van der Waals surface area (Å²) in [5, 5.41) is 3.19. The number of hydrogen-bond donors (Lipinski definition) is 1. The van der Waals surface area contributed by atoms with Crippen LogP contribution < -0.4 is 5.32 Å². The maximum Gasteiger partial charge on any atom is 0.334 e. The van der Waals surface area contributed by atoms with Crippen LogP contribution >= 0.6 is 0 Å². The molecule has 7 heteroatoms. The predicted molar refractivity (Wildman–Crippen MR) is 100 cm³/mol. The molecule has 1 unspecified atom stereocenters. The molecule has 0 spiro atoms. The monoisotopic (exact) mass is 363 g/mol. The van der Waals surface area contributed by atoms with Crippen LogP contribution in [0.5, 0.6) is 0 Å². The van der Waals surface area contributed by atoms with Crippen molar-refractivity contribution in [2.75, 3.05) is 26.8 Å². The zero-order valence-corrected chi connectivity index (χ0v) is 18.0. The van der Waals surface area contributed by atoms with Crippen LogP contribution in [0.15, 0.2) is 0 Å². The molecule has 0 rings (SSSR count). The number of carbonyl (C=O) groups is 1. The third kappa shape index (κ3) is 9.00. The second kappa shape index (κ2) is 12.2. The third-order valence-corrected chi connectivity index (χ3v) is 12.0. The first kappa shape index (κ1) is 22.8. The fourth-order valence-electron chi connectivity index (χ4n) is 2.52. The van der Waals surface area contributed by atoms with E-state index >= 15 is 0 Å². The topological polar surface area (TPSA) is 56.8 Å². The highest BCUT2D eigenvalue weighted by Crippen LogP contribution is 2.21. The molecule has 0 aliphatic heterocycles. The van der Waals surface area contributed by atoms with Crippen LogP contribution in [-0.4, -0.2) is 49.7 Å². The van der Waals surface area contributed by atoms with Gasteiger partial charge < -0.3 is 18.6 Å². The van der Waals surface area contributed by atoms with Crippen LogP contribution in [0.2, 0.25) is 30.7 Å². The molecule has 138 valence electrons. The second-order valence-corrected chi connectivity index (χ2v) is 14.3. The highest BCUT2D eigenvalue weighted by atomic mass is 28.4. The molecule has 1 N–H and O–H groups in total. The van der Waals surface area contributed by atoms with Crippen LogP contribution in [0, 0.1) is 0 Å². The Hall–Kier alpha value is -0.216. The van der Waals surface area contributed by atoms with Crippen molar-refractivity contribution in [1.29, 1.82) is 0 Å². The van der Waals surface area contributed by atoms with Crippen LogP contribution in [-0.2, 0) is 18.1 Å². The van der Waals surface area contributed by atoms with Crippen molar-refractivity contribution in [1.82, 2.24) is 5.32 Å². The van der Waals surface area contributed by atoms with Crippen molar-refractivity contribution in [2.24, 2.45) is 0 Å². The first-order chi connectivity index (χ1) is 10.9. The Labute approximate surface area is 144 Å². The molecule has 0 aliphatic rings. The molecule has 0 radical (unpaired) electrons. The number of hydrogen-bond acceptors (Lipinski definition) is 5. The van der Waals surface area contributed by atoms with Crippen molar-refractivity contribution in [3.8, 4) is 0 Å². The van der Waals surface area contributed by atoms with Crippen LogP contribution in [0.4, 0.5) is 0 Å². The fraction of sp³-hybridized carbons (Fsp3) is 0.938. The summed E-state index contributed by atoms with van der Waals surface area (Å²) in [6, 6.07) is 3.93. The average Bonchev–Trinajstić information content (AvgIpc) is 2.57. The SMILES string of the molecule is CCCO[Si](C)(CCCNCC(=O)O[Si](CC)(CC)CC)OC. The maximum absolute atomic E-state index is 12.0. The zero-order chi connectivity index (χ0) is 17.8. The molecule has 0 aromatic carbocycles. The predicted octanol–water partition coefficient (Wildman–Crippen LogP) is 3.66. The van der Waals surface area contributed by atoms with Crippen LogP contribution in [0.3, 0.4) is 0 Å². The maximum atomic E-state index is 12.0. The molecule has 5 nitrogen and oxygen atoms in total. The molecular weight excluding hydrogens is 326 g/mol. The molecule has 0 saturated carbocycles. The first-order valence-electron chi connectivity index (χ1n) is 9.02. The van der Waals surface area contributed by atoms with Gasteiger partial charge in [-0.1, -0.05) is 27.7 Å². The Balaban J connectivity index is 4.01. The Morgan fingerprint density at radius 3 is 2.17 bits per heavy atom. The Morgan fingerprint density at radius 1 is 1.09 bits per heavy atom. The molecule has 0 aliphatic carbocycles. The lowest BCUT2D eigenvalue weighted by atomic mass is 10.5. The lowest BCUT2D eigenvalue weighted by Crippen LogP contribution is -2.41. The number of carbonyl (C=O) groups excluding carboxylic acids is 1. The standard InChI is InChI=1S/C16H37NO4Si2/c1-7-13-20-22(6,19-5)14-11-12-17-15-16(18)21-23(8-2,9-3)10-4/h17H,7-15H2,1-6H3. The van der Waals surface area contributed by atoms with Gasteiger partial charge in [-0.05, 0) is 50.1 Å². The van der Waals surface area contributed by atoms with E-state index in [4.69, 9.17) is 13.3 Å². The summed E-state index contributed by atoms with van der Waals surface area (Å²) < 4.78 is 17.3. The summed E-state index contributed by atoms with van der Waals surface area (Å²) in [4.78, 5) is 12.0. The molecule has 0 fully saturated rings. The molecule has 23 heavy (non-hydrogen) atoms. The highest BCUT2D eigenvalue weighted by molar-refractivity contribution is 6.74. The van der Waals surface area contributed by atoms with E-state index in [1.54, 1.807) is 7.11 Å². The number of nitrogens with one attached hydrogen (secondary N) is 1. The summed E-state index contributed by atoms with van der Waals surface area (Å²) in [5.74, 6) is -0.101. The normalized spacial score (nSPS) is 14.5. The molecule has 0 bridgehead atoms. The van der Waals surface area contributed by atoms with Crippen LogP contribution in [0.25, 0.3) is 0 Å². The molecule has 0 amide bonds. The minimum Gasteiger partial charge on any atom is -0.518 e. The van der Waals surface area contributed by atoms with E-state index in [9.17, 15) is 4.79 Å². The van der Waals surface area contributed by atoms with Gasteiger partial charge in [-0.15, -0.1) is 0 Å². The van der Waals surface area contributed by atoms with Crippen LogP contribution in [0.1, 0.15) is 40.5 Å². The van der Waals surface area contributed by atoms with Gasteiger partial charge in [-0.25, -0.2) is 0 Å². The second-order valence-electron chi connectivity index (χ2n) is 6.18. The van der Waals surface area contributed by atoms with Gasteiger partial charge in [0.1, 0.15) is 0 Å². The molecular formula is C16H37NO4Si2. The average molecular weight is 364 g/mol. The zero-order valence-electron chi connectivity index (χ0n) is 16.0. The molecule has 0 aromatic rings. The van der Waals surface area contributed by atoms with Gasteiger partial charge in [0, 0.05) is 13.7 Å². The van der Waals surface area contributed by atoms with E-state index in [1.165, 1.54) is 0 Å². The third-order valence-electron chi connectivity index (χ3n) is 4.56. The van der Waals surface area contributed by atoms with E-state index < -0.39 is 16.9 Å². The fourth-order valence-corrected chi connectivity index (χ4v) is 6.93. The smallest absolute Gasteiger partial charge is 0.334 e. The minimum atomic E-state index is -2.03. The van der Waals surface area contributed by atoms with Crippen molar-refractivity contribution in [3.63, 3.8) is 0 Å².